The number of fused-ring (bicyclic) bond motifs is 11. The largest absolute Gasteiger partial charge is 0.456 e. The summed E-state index contributed by atoms with van der Waals surface area (Å²) in [5.41, 5.74) is 12.9. The van der Waals surface area contributed by atoms with Crippen molar-refractivity contribution in [3.8, 4) is 39.6 Å². The van der Waals surface area contributed by atoms with E-state index >= 15 is 0 Å². The van der Waals surface area contributed by atoms with Crippen molar-refractivity contribution in [3.05, 3.63) is 151 Å². The molecule has 1 aliphatic carbocycles. The Hall–Kier alpha value is -6.00. The summed E-state index contributed by atoms with van der Waals surface area (Å²) in [6.45, 7) is 4.73. The van der Waals surface area contributed by atoms with Crippen LogP contribution in [0, 0.1) is 0 Å². The monoisotopic (exact) mass is 603 g/mol. The zero-order chi connectivity index (χ0) is 31.3. The lowest BCUT2D eigenvalue weighted by molar-refractivity contribution is 0.660. The molecule has 0 bridgehead atoms. The molecule has 6 aromatic carbocycles. The third kappa shape index (κ3) is 3.64. The first-order valence-corrected chi connectivity index (χ1v) is 16.1. The topological polar surface area (TPSA) is 43.9 Å². The minimum Gasteiger partial charge on any atom is -0.456 e. The van der Waals surface area contributed by atoms with Gasteiger partial charge >= 0.3 is 0 Å². The van der Waals surface area contributed by atoms with Crippen LogP contribution in [0.2, 0.25) is 0 Å². The molecule has 0 N–H and O–H groups in total. The summed E-state index contributed by atoms with van der Waals surface area (Å²) >= 11 is 0. The fraction of sp³-hybridized carbons (Fsp3) is 0.0698. The van der Waals surface area contributed by atoms with Crippen LogP contribution in [0.15, 0.2) is 144 Å². The van der Waals surface area contributed by atoms with Crippen LogP contribution in [-0.4, -0.2) is 14.5 Å². The van der Waals surface area contributed by atoms with Crippen LogP contribution < -0.4 is 0 Å². The highest BCUT2D eigenvalue weighted by Crippen LogP contribution is 2.56. The van der Waals surface area contributed by atoms with Crippen molar-refractivity contribution >= 4 is 43.7 Å². The second-order valence-electron chi connectivity index (χ2n) is 13.0. The van der Waals surface area contributed by atoms with Gasteiger partial charge in [0.2, 0.25) is 5.95 Å². The Morgan fingerprint density at radius 1 is 0.511 bits per heavy atom. The predicted molar refractivity (Wildman–Crippen MR) is 192 cm³/mol. The highest BCUT2D eigenvalue weighted by molar-refractivity contribution is 6.17. The Labute approximate surface area is 271 Å². The normalized spacial score (nSPS) is 13.5. The Morgan fingerprint density at radius 3 is 1.79 bits per heavy atom. The summed E-state index contributed by atoms with van der Waals surface area (Å²) in [7, 11) is 0. The minimum absolute atomic E-state index is 0.284. The molecule has 0 aliphatic heterocycles. The van der Waals surface area contributed by atoms with E-state index < -0.39 is 0 Å². The molecule has 1 aliphatic rings. The second-order valence-corrected chi connectivity index (χ2v) is 13.0. The van der Waals surface area contributed by atoms with Crippen LogP contribution in [0.5, 0.6) is 0 Å². The highest BCUT2D eigenvalue weighted by Gasteiger charge is 2.40. The van der Waals surface area contributed by atoms with E-state index in [4.69, 9.17) is 14.4 Å². The van der Waals surface area contributed by atoms with Gasteiger partial charge in [0.15, 0.2) is 0 Å². The molecule has 0 radical (unpaired) electrons. The summed E-state index contributed by atoms with van der Waals surface area (Å²) < 4.78 is 8.62. The molecule has 0 saturated heterocycles. The fourth-order valence-electron chi connectivity index (χ4n) is 8.01. The number of furan rings is 1. The zero-order valence-corrected chi connectivity index (χ0v) is 26.0. The van der Waals surface area contributed by atoms with E-state index in [1.165, 1.54) is 43.8 Å². The van der Waals surface area contributed by atoms with Crippen molar-refractivity contribution in [2.45, 2.75) is 19.3 Å². The van der Waals surface area contributed by atoms with Gasteiger partial charge in [0, 0.05) is 38.1 Å². The van der Waals surface area contributed by atoms with Gasteiger partial charge in [0.05, 0.1) is 22.4 Å². The van der Waals surface area contributed by atoms with Crippen LogP contribution in [0.1, 0.15) is 25.0 Å². The van der Waals surface area contributed by atoms with Gasteiger partial charge in [-0.15, -0.1) is 0 Å². The smallest absolute Gasteiger partial charge is 0.235 e. The van der Waals surface area contributed by atoms with Crippen molar-refractivity contribution in [1.82, 2.24) is 14.5 Å². The van der Waals surface area contributed by atoms with Gasteiger partial charge in [-0.1, -0.05) is 123 Å². The van der Waals surface area contributed by atoms with Crippen LogP contribution in [0.4, 0.5) is 0 Å². The summed E-state index contributed by atoms with van der Waals surface area (Å²) in [6.07, 6.45) is 0. The average molecular weight is 604 g/mol. The Balaban J connectivity index is 1.29. The van der Waals surface area contributed by atoms with Gasteiger partial charge in [-0.3, -0.25) is 4.57 Å². The standard InChI is InChI=1S/C43H29N3O/c1-43(2)40-28(29-22-24-37-39(41(29)43)31-18-10-12-20-36(31)47-37)21-23-35-38(40)30-17-9-11-19-34(30)46(35)42-44-32(26-13-5-3-6-14-26)25-33(45-42)27-15-7-4-8-16-27/h3-25H,1-2H3. The van der Waals surface area contributed by atoms with Gasteiger partial charge in [-0.05, 0) is 52.6 Å². The first kappa shape index (κ1) is 26.2. The lowest BCUT2D eigenvalue weighted by Crippen LogP contribution is -2.16. The Bertz CT molecular complexity index is 2640. The zero-order valence-electron chi connectivity index (χ0n) is 26.0. The summed E-state index contributed by atoms with van der Waals surface area (Å²) in [5.74, 6) is 0.660. The van der Waals surface area contributed by atoms with E-state index in [-0.39, 0.29) is 5.41 Å². The molecular formula is C43H29N3O. The van der Waals surface area contributed by atoms with Crippen molar-refractivity contribution < 1.29 is 4.42 Å². The quantitative estimate of drug-likeness (QED) is 0.202. The first-order valence-electron chi connectivity index (χ1n) is 16.1. The molecule has 9 aromatic rings. The Morgan fingerprint density at radius 2 is 1.09 bits per heavy atom. The van der Waals surface area contributed by atoms with E-state index in [1.54, 1.807) is 0 Å². The van der Waals surface area contributed by atoms with Gasteiger partial charge in [-0.25, -0.2) is 9.97 Å². The molecule has 47 heavy (non-hydrogen) atoms. The number of nitrogens with zero attached hydrogens (tertiary/aromatic N) is 3. The maximum Gasteiger partial charge on any atom is 0.235 e. The Kier molecular flexibility index (Phi) is 5.31. The molecule has 0 unspecified atom stereocenters. The molecule has 4 nitrogen and oxygen atoms in total. The van der Waals surface area contributed by atoms with Crippen LogP contribution in [-0.2, 0) is 5.41 Å². The number of rotatable bonds is 3. The first-order chi connectivity index (χ1) is 23.1. The van der Waals surface area contributed by atoms with Crippen LogP contribution in [0.3, 0.4) is 0 Å². The molecule has 3 aromatic heterocycles. The van der Waals surface area contributed by atoms with Crippen molar-refractivity contribution in [2.24, 2.45) is 0 Å². The van der Waals surface area contributed by atoms with Crippen molar-refractivity contribution in [2.75, 3.05) is 0 Å². The molecule has 0 amide bonds. The maximum absolute atomic E-state index is 6.36. The number of benzene rings is 6. The van der Waals surface area contributed by atoms with Crippen LogP contribution in [0.25, 0.3) is 83.3 Å². The third-order valence-electron chi connectivity index (χ3n) is 9.98. The second kappa shape index (κ2) is 9.51. The van der Waals surface area contributed by atoms with Crippen molar-refractivity contribution in [1.29, 1.82) is 0 Å². The van der Waals surface area contributed by atoms with E-state index in [2.05, 4.69) is 140 Å². The molecule has 222 valence electrons. The number of hydrogen-bond acceptors (Lipinski definition) is 3. The van der Waals surface area contributed by atoms with Gasteiger partial charge in [-0.2, -0.15) is 0 Å². The van der Waals surface area contributed by atoms with E-state index in [0.717, 1.165) is 44.7 Å². The minimum atomic E-state index is -0.284. The summed E-state index contributed by atoms with van der Waals surface area (Å²) in [5, 5.41) is 4.82. The maximum atomic E-state index is 6.36. The average Bonchev–Trinajstić information content (AvgIpc) is 3.74. The van der Waals surface area contributed by atoms with E-state index in [0.29, 0.717) is 5.95 Å². The van der Waals surface area contributed by atoms with E-state index in [9.17, 15) is 0 Å². The SMILES string of the molecule is CC1(C)c2c(ccc3oc4ccccc4c23)-c2ccc3c(c21)c1ccccc1n3-c1nc(-c2ccccc2)cc(-c2ccccc2)n1. The van der Waals surface area contributed by atoms with Gasteiger partial charge in [0.25, 0.3) is 0 Å². The van der Waals surface area contributed by atoms with Gasteiger partial charge < -0.3 is 4.42 Å². The molecular weight excluding hydrogens is 574 g/mol. The van der Waals surface area contributed by atoms with Crippen LogP contribution >= 0.6 is 0 Å². The fourth-order valence-corrected chi connectivity index (χ4v) is 8.01. The summed E-state index contributed by atoms with van der Waals surface area (Å²) in [4.78, 5) is 10.5. The molecule has 3 heterocycles. The molecule has 10 rings (SSSR count). The number of para-hydroxylation sites is 2. The number of aromatic nitrogens is 3. The van der Waals surface area contributed by atoms with Crippen molar-refractivity contribution in [3.63, 3.8) is 0 Å². The lowest BCUT2D eigenvalue weighted by Gasteiger charge is -2.23. The lowest BCUT2D eigenvalue weighted by atomic mass is 9.79. The van der Waals surface area contributed by atoms with E-state index in [1.807, 2.05) is 18.2 Å². The van der Waals surface area contributed by atoms with Gasteiger partial charge in [0.1, 0.15) is 11.2 Å². The summed E-state index contributed by atoms with van der Waals surface area (Å²) in [6, 6.07) is 48.9. The number of hydrogen-bond donors (Lipinski definition) is 0. The third-order valence-corrected chi connectivity index (χ3v) is 9.98. The molecule has 0 spiro atoms. The molecule has 0 fully saturated rings. The molecule has 0 atom stereocenters. The highest BCUT2D eigenvalue weighted by atomic mass is 16.3. The molecule has 0 saturated carbocycles. The molecule has 4 heteroatoms. The predicted octanol–water partition coefficient (Wildman–Crippen LogP) is 11.1.